The van der Waals surface area contributed by atoms with Crippen molar-refractivity contribution in [2.75, 3.05) is 0 Å². The third-order valence-corrected chi connectivity index (χ3v) is 6.59. The van der Waals surface area contributed by atoms with E-state index in [0.29, 0.717) is 35.9 Å². The van der Waals surface area contributed by atoms with E-state index in [0.717, 1.165) is 29.8 Å². The van der Waals surface area contributed by atoms with Crippen molar-refractivity contribution in [2.45, 2.75) is 51.5 Å². The standard InChI is InChI=1S/C23H23N5O/c1-13-17(14(2)28-23(26-13)16(11-24)12-25-28)9-10-20(29)27-22-19-8-7-15-5-3-4-6-18(15)21(19)22/h3-6,12,19,21-22H,7-10H2,1-2H3,(H,27,29)/t19-,21-,22+/m0/s1. The Kier molecular flexibility index (Phi) is 4.13. The number of nitriles is 1. The van der Waals surface area contributed by atoms with Gasteiger partial charge in [-0.05, 0) is 55.7 Å². The van der Waals surface area contributed by atoms with Crippen LogP contribution in [-0.2, 0) is 17.6 Å². The van der Waals surface area contributed by atoms with Crippen LogP contribution in [0, 0.1) is 31.1 Å². The molecular formula is C23H23N5O. The Morgan fingerprint density at radius 1 is 1.34 bits per heavy atom. The van der Waals surface area contributed by atoms with Gasteiger partial charge >= 0.3 is 0 Å². The van der Waals surface area contributed by atoms with E-state index in [1.54, 1.807) is 4.52 Å². The van der Waals surface area contributed by atoms with Crippen LogP contribution in [0.3, 0.4) is 0 Å². The highest BCUT2D eigenvalue weighted by Gasteiger charge is 2.53. The zero-order chi connectivity index (χ0) is 20.1. The Bertz CT molecular complexity index is 1170. The summed E-state index contributed by atoms with van der Waals surface area (Å²) in [6, 6.07) is 11.0. The summed E-state index contributed by atoms with van der Waals surface area (Å²) in [7, 11) is 0. The number of carbonyl (C=O) groups is 1. The van der Waals surface area contributed by atoms with E-state index in [1.807, 2.05) is 13.8 Å². The van der Waals surface area contributed by atoms with Crippen molar-refractivity contribution in [2.24, 2.45) is 5.92 Å². The van der Waals surface area contributed by atoms with Crippen molar-refractivity contribution in [3.63, 3.8) is 0 Å². The van der Waals surface area contributed by atoms with E-state index >= 15 is 0 Å². The fraction of sp³-hybridized carbons (Fsp3) is 0.391. The third kappa shape index (κ3) is 2.89. The number of aromatic nitrogens is 3. The smallest absolute Gasteiger partial charge is 0.220 e. The Morgan fingerprint density at radius 2 is 2.17 bits per heavy atom. The van der Waals surface area contributed by atoms with E-state index in [2.05, 4.69) is 45.7 Å². The van der Waals surface area contributed by atoms with Crippen LogP contribution in [-0.4, -0.2) is 26.5 Å². The van der Waals surface area contributed by atoms with Crippen LogP contribution in [0.1, 0.15) is 52.4 Å². The molecule has 2 aliphatic carbocycles. The van der Waals surface area contributed by atoms with Crippen molar-refractivity contribution in [1.29, 1.82) is 5.26 Å². The van der Waals surface area contributed by atoms with E-state index in [-0.39, 0.29) is 11.9 Å². The fourth-order valence-corrected chi connectivity index (χ4v) is 5.01. The number of nitrogens with zero attached hydrogens (tertiary/aromatic N) is 4. The maximum absolute atomic E-state index is 12.7. The SMILES string of the molecule is Cc1nc2c(C#N)cnn2c(C)c1CCC(=O)N[C@@H]1[C@H]2CCc3ccccc3[C@@H]21. The van der Waals surface area contributed by atoms with Crippen molar-refractivity contribution < 1.29 is 4.79 Å². The molecule has 5 rings (SSSR count). The van der Waals surface area contributed by atoms with Crippen LogP contribution in [0.5, 0.6) is 0 Å². The molecule has 6 nitrogen and oxygen atoms in total. The van der Waals surface area contributed by atoms with Gasteiger partial charge in [0.15, 0.2) is 5.65 Å². The molecule has 1 fully saturated rings. The summed E-state index contributed by atoms with van der Waals surface area (Å²) < 4.78 is 1.70. The molecule has 1 N–H and O–H groups in total. The molecule has 0 unspecified atom stereocenters. The Balaban J connectivity index is 1.27. The van der Waals surface area contributed by atoms with Crippen molar-refractivity contribution in [3.05, 3.63) is 64.1 Å². The highest BCUT2D eigenvalue weighted by molar-refractivity contribution is 5.77. The second-order valence-electron chi connectivity index (χ2n) is 8.19. The fourth-order valence-electron chi connectivity index (χ4n) is 5.01. The minimum Gasteiger partial charge on any atom is -0.352 e. The molecule has 3 aromatic rings. The second-order valence-corrected chi connectivity index (χ2v) is 8.19. The molecule has 6 heteroatoms. The molecule has 3 atom stereocenters. The first-order valence-electron chi connectivity index (χ1n) is 10.2. The molecule has 0 bridgehead atoms. The monoisotopic (exact) mass is 385 g/mol. The van der Waals surface area contributed by atoms with E-state index in [9.17, 15) is 10.1 Å². The molecule has 0 radical (unpaired) electrons. The molecule has 29 heavy (non-hydrogen) atoms. The molecule has 1 amide bonds. The van der Waals surface area contributed by atoms with Gasteiger partial charge in [0, 0.05) is 29.8 Å². The highest BCUT2D eigenvalue weighted by Crippen LogP contribution is 2.54. The lowest BCUT2D eigenvalue weighted by Gasteiger charge is -2.13. The van der Waals surface area contributed by atoms with Crippen LogP contribution in [0.4, 0.5) is 0 Å². The molecular weight excluding hydrogens is 362 g/mol. The normalized spacial score (nSPS) is 21.9. The lowest BCUT2D eigenvalue weighted by atomic mass is 9.92. The number of hydrogen-bond donors (Lipinski definition) is 1. The molecule has 2 heterocycles. The summed E-state index contributed by atoms with van der Waals surface area (Å²) >= 11 is 0. The zero-order valence-corrected chi connectivity index (χ0v) is 16.6. The first kappa shape index (κ1) is 17.9. The summed E-state index contributed by atoms with van der Waals surface area (Å²) in [5.41, 5.74) is 6.73. The first-order chi connectivity index (χ1) is 14.1. The highest BCUT2D eigenvalue weighted by atomic mass is 16.1. The van der Waals surface area contributed by atoms with E-state index in [4.69, 9.17) is 0 Å². The van der Waals surface area contributed by atoms with Crippen LogP contribution in [0.25, 0.3) is 5.65 Å². The van der Waals surface area contributed by atoms with Crippen molar-refractivity contribution in [1.82, 2.24) is 19.9 Å². The largest absolute Gasteiger partial charge is 0.352 e. The average Bonchev–Trinajstić information content (AvgIpc) is 3.26. The Labute approximate surface area is 169 Å². The van der Waals surface area contributed by atoms with Gasteiger partial charge in [-0.25, -0.2) is 9.50 Å². The minimum atomic E-state index is 0.0963. The van der Waals surface area contributed by atoms with Crippen LogP contribution >= 0.6 is 0 Å². The van der Waals surface area contributed by atoms with Gasteiger partial charge in [0.2, 0.25) is 5.91 Å². The van der Waals surface area contributed by atoms with Gasteiger partial charge in [-0.3, -0.25) is 4.79 Å². The van der Waals surface area contributed by atoms with Gasteiger partial charge in [-0.1, -0.05) is 24.3 Å². The topological polar surface area (TPSA) is 83.1 Å². The summed E-state index contributed by atoms with van der Waals surface area (Å²) in [6.45, 7) is 3.90. The molecule has 2 aliphatic rings. The molecule has 1 saturated carbocycles. The predicted octanol–water partition coefficient (Wildman–Crippen LogP) is 3.00. The molecule has 146 valence electrons. The number of nitrogens with one attached hydrogen (secondary N) is 1. The van der Waals surface area contributed by atoms with Crippen LogP contribution in [0.15, 0.2) is 30.5 Å². The summed E-state index contributed by atoms with van der Waals surface area (Å²) in [5.74, 6) is 1.17. The van der Waals surface area contributed by atoms with Crippen LogP contribution in [0.2, 0.25) is 0 Å². The van der Waals surface area contributed by atoms with Gasteiger partial charge in [0.1, 0.15) is 11.6 Å². The molecule has 2 aromatic heterocycles. The number of amides is 1. The number of fused-ring (bicyclic) bond motifs is 4. The number of hydrogen-bond acceptors (Lipinski definition) is 4. The maximum atomic E-state index is 12.7. The van der Waals surface area contributed by atoms with Gasteiger partial charge in [-0.15, -0.1) is 0 Å². The van der Waals surface area contributed by atoms with Gasteiger partial charge in [-0.2, -0.15) is 10.4 Å². The zero-order valence-electron chi connectivity index (χ0n) is 16.6. The molecule has 1 aromatic carbocycles. The van der Waals surface area contributed by atoms with Gasteiger partial charge < -0.3 is 5.32 Å². The molecule has 0 spiro atoms. The number of aryl methyl sites for hydroxylation is 3. The van der Waals surface area contributed by atoms with E-state index < -0.39 is 0 Å². The van der Waals surface area contributed by atoms with Crippen molar-refractivity contribution >= 4 is 11.6 Å². The van der Waals surface area contributed by atoms with Gasteiger partial charge in [0.25, 0.3) is 0 Å². The summed E-state index contributed by atoms with van der Waals surface area (Å²) in [5, 5.41) is 16.7. The van der Waals surface area contributed by atoms with Gasteiger partial charge in [0.05, 0.1) is 6.20 Å². The van der Waals surface area contributed by atoms with E-state index in [1.165, 1.54) is 17.3 Å². The second kappa shape index (κ2) is 6.70. The lowest BCUT2D eigenvalue weighted by Crippen LogP contribution is -2.28. The number of benzene rings is 1. The first-order valence-corrected chi connectivity index (χ1v) is 10.2. The minimum absolute atomic E-state index is 0.0963. The van der Waals surface area contributed by atoms with Crippen molar-refractivity contribution in [3.8, 4) is 6.07 Å². The Morgan fingerprint density at radius 3 is 3.00 bits per heavy atom. The summed E-state index contributed by atoms with van der Waals surface area (Å²) in [6.07, 6.45) is 4.86. The summed E-state index contributed by atoms with van der Waals surface area (Å²) in [4.78, 5) is 17.2. The third-order valence-electron chi connectivity index (χ3n) is 6.59. The maximum Gasteiger partial charge on any atom is 0.220 e. The lowest BCUT2D eigenvalue weighted by molar-refractivity contribution is -0.121. The quantitative estimate of drug-likeness (QED) is 0.748. The Hall–Kier alpha value is -3.20. The predicted molar refractivity (Wildman–Crippen MR) is 108 cm³/mol. The molecule has 0 saturated heterocycles. The molecule has 0 aliphatic heterocycles. The van der Waals surface area contributed by atoms with Crippen LogP contribution < -0.4 is 5.32 Å². The number of carbonyl (C=O) groups excluding carboxylic acids is 1. The average molecular weight is 385 g/mol. The number of rotatable bonds is 4.